The third-order valence-electron chi connectivity index (χ3n) is 6.09. The first-order valence-electron chi connectivity index (χ1n) is 10.8. The second-order valence-electron chi connectivity index (χ2n) is 8.18. The smallest absolute Gasteiger partial charge is 0.337 e. The van der Waals surface area contributed by atoms with Crippen molar-refractivity contribution in [2.75, 3.05) is 26.3 Å². The van der Waals surface area contributed by atoms with Gasteiger partial charge in [0.2, 0.25) is 0 Å². The van der Waals surface area contributed by atoms with E-state index in [-0.39, 0.29) is 5.56 Å². The van der Waals surface area contributed by atoms with Gasteiger partial charge in [-0.3, -0.25) is 4.90 Å². The quantitative estimate of drug-likeness (QED) is 0.510. The normalized spacial score (nSPS) is 14.7. The van der Waals surface area contributed by atoms with Gasteiger partial charge in [-0.25, -0.2) is 9.78 Å². The van der Waals surface area contributed by atoms with E-state index >= 15 is 0 Å². The molecule has 32 heavy (non-hydrogen) atoms. The van der Waals surface area contributed by atoms with Crippen molar-refractivity contribution in [2.45, 2.75) is 6.54 Å². The lowest BCUT2D eigenvalue weighted by atomic mass is 9.95. The molecular weight excluding hydrogens is 402 g/mol. The molecule has 0 spiro atoms. The van der Waals surface area contributed by atoms with E-state index in [1.165, 1.54) is 11.1 Å². The molecule has 0 aliphatic carbocycles. The number of benzene rings is 3. The molecule has 1 aliphatic rings. The zero-order valence-electron chi connectivity index (χ0n) is 18.0. The molecule has 1 aliphatic heterocycles. The van der Waals surface area contributed by atoms with Crippen molar-refractivity contribution in [3.63, 3.8) is 0 Å². The lowest BCUT2D eigenvalue weighted by Crippen LogP contribution is -2.35. The largest absolute Gasteiger partial charge is 0.478 e. The van der Waals surface area contributed by atoms with Crippen LogP contribution >= 0.6 is 0 Å². The number of rotatable bonds is 5. The first kappa shape index (κ1) is 20.4. The highest BCUT2D eigenvalue weighted by Gasteiger charge is 2.16. The van der Waals surface area contributed by atoms with Gasteiger partial charge in [0.25, 0.3) is 0 Å². The summed E-state index contributed by atoms with van der Waals surface area (Å²) in [5, 5.41) is 9.70. The topological polar surface area (TPSA) is 67.6 Å². The van der Waals surface area contributed by atoms with Crippen molar-refractivity contribution < 1.29 is 14.6 Å². The van der Waals surface area contributed by atoms with E-state index in [9.17, 15) is 9.90 Å². The summed E-state index contributed by atoms with van der Waals surface area (Å²) in [6.07, 6.45) is 1.65. The Labute approximate surface area is 186 Å². The molecule has 3 aromatic carbocycles. The van der Waals surface area contributed by atoms with Gasteiger partial charge in [-0.2, -0.15) is 0 Å². The van der Waals surface area contributed by atoms with Crippen LogP contribution in [0.1, 0.15) is 15.9 Å². The third-order valence-corrected chi connectivity index (χ3v) is 6.09. The lowest BCUT2D eigenvalue weighted by molar-refractivity contribution is 0.0342. The number of hydrogen-bond donors (Lipinski definition) is 1. The summed E-state index contributed by atoms with van der Waals surface area (Å²) < 4.78 is 7.22. The molecule has 1 aromatic heterocycles. The molecule has 5 rings (SSSR count). The SMILES string of the molecule is Cn1cnc2cc(-c3ccc(-c4ccccc4CN4CCOCC4)cc3)cc(C(=O)O)c21. The van der Waals surface area contributed by atoms with Crippen LogP contribution in [0.4, 0.5) is 0 Å². The molecule has 4 aromatic rings. The first-order chi connectivity index (χ1) is 15.6. The highest BCUT2D eigenvalue weighted by atomic mass is 16.5. The number of nitrogens with zero attached hydrogens (tertiary/aromatic N) is 3. The highest BCUT2D eigenvalue weighted by molar-refractivity contribution is 6.03. The van der Waals surface area contributed by atoms with Crippen LogP contribution in [0.3, 0.4) is 0 Å². The van der Waals surface area contributed by atoms with Crippen molar-refractivity contribution in [1.29, 1.82) is 0 Å². The minimum absolute atomic E-state index is 0.262. The maximum Gasteiger partial charge on any atom is 0.337 e. The second-order valence-corrected chi connectivity index (χ2v) is 8.18. The summed E-state index contributed by atoms with van der Waals surface area (Å²) in [4.78, 5) is 18.6. The fourth-order valence-corrected chi connectivity index (χ4v) is 4.41. The van der Waals surface area contributed by atoms with Crippen molar-refractivity contribution in [3.8, 4) is 22.3 Å². The Morgan fingerprint density at radius 2 is 1.72 bits per heavy atom. The molecule has 6 nitrogen and oxygen atoms in total. The van der Waals surface area contributed by atoms with E-state index in [1.807, 2.05) is 13.1 Å². The van der Waals surface area contributed by atoms with E-state index in [1.54, 1.807) is 17.0 Å². The van der Waals surface area contributed by atoms with Gasteiger partial charge < -0.3 is 14.4 Å². The predicted octanol–water partition coefficient (Wildman–Crippen LogP) is 4.44. The molecular formula is C26H25N3O3. The Hall–Kier alpha value is -3.48. The molecule has 1 N–H and O–H groups in total. The maximum atomic E-state index is 11.8. The first-order valence-corrected chi connectivity index (χ1v) is 10.8. The minimum atomic E-state index is -0.950. The van der Waals surface area contributed by atoms with Gasteiger partial charge in [0.1, 0.15) is 0 Å². The van der Waals surface area contributed by atoms with Gasteiger partial charge >= 0.3 is 5.97 Å². The van der Waals surface area contributed by atoms with Crippen LogP contribution in [-0.2, 0) is 18.3 Å². The molecule has 1 fully saturated rings. The average Bonchev–Trinajstić information content (AvgIpc) is 3.20. The number of aryl methyl sites for hydroxylation is 1. The number of morpholine rings is 1. The molecule has 6 heteroatoms. The van der Waals surface area contributed by atoms with Crippen LogP contribution in [0.15, 0.2) is 67.0 Å². The van der Waals surface area contributed by atoms with Gasteiger partial charge in [-0.1, -0.05) is 48.5 Å². The Morgan fingerprint density at radius 3 is 2.47 bits per heavy atom. The van der Waals surface area contributed by atoms with Crippen molar-refractivity contribution in [2.24, 2.45) is 7.05 Å². The third kappa shape index (κ3) is 3.90. The summed E-state index contributed by atoms with van der Waals surface area (Å²) in [7, 11) is 1.81. The summed E-state index contributed by atoms with van der Waals surface area (Å²) in [5.41, 5.74) is 7.06. The molecule has 0 saturated carbocycles. The number of hydrogen-bond acceptors (Lipinski definition) is 4. The van der Waals surface area contributed by atoms with Gasteiger partial charge in [0.15, 0.2) is 0 Å². The molecule has 2 heterocycles. The Bertz CT molecular complexity index is 1270. The predicted molar refractivity (Wildman–Crippen MR) is 125 cm³/mol. The maximum absolute atomic E-state index is 11.8. The van der Waals surface area contributed by atoms with Crippen LogP contribution < -0.4 is 0 Å². The van der Waals surface area contributed by atoms with Crippen molar-refractivity contribution in [3.05, 3.63) is 78.1 Å². The Kier molecular flexibility index (Phi) is 5.47. The number of carboxylic acids is 1. The Morgan fingerprint density at radius 1 is 1.00 bits per heavy atom. The van der Waals surface area contributed by atoms with E-state index in [2.05, 4.69) is 58.4 Å². The Balaban J connectivity index is 1.47. The number of imidazole rings is 1. The second kappa shape index (κ2) is 8.57. The molecule has 1 saturated heterocycles. The molecule has 0 amide bonds. The molecule has 0 radical (unpaired) electrons. The monoisotopic (exact) mass is 427 g/mol. The number of carbonyl (C=O) groups is 1. The summed E-state index contributed by atoms with van der Waals surface area (Å²) >= 11 is 0. The molecule has 162 valence electrons. The van der Waals surface area contributed by atoms with Crippen LogP contribution in [0.25, 0.3) is 33.3 Å². The summed E-state index contributed by atoms with van der Waals surface area (Å²) in [5.74, 6) is -0.950. The van der Waals surface area contributed by atoms with Crippen LogP contribution in [0.5, 0.6) is 0 Å². The van der Waals surface area contributed by atoms with Crippen LogP contribution in [-0.4, -0.2) is 51.8 Å². The number of aromatic carboxylic acids is 1. The highest BCUT2D eigenvalue weighted by Crippen LogP contribution is 2.31. The zero-order chi connectivity index (χ0) is 22.1. The van der Waals surface area contributed by atoms with Gasteiger partial charge in [0.05, 0.1) is 36.1 Å². The van der Waals surface area contributed by atoms with Crippen LogP contribution in [0, 0.1) is 0 Å². The summed E-state index contributed by atoms with van der Waals surface area (Å²) in [6, 6.07) is 20.5. The van der Waals surface area contributed by atoms with E-state index < -0.39 is 5.97 Å². The van der Waals surface area contributed by atoms with Crippen molar-refractivity contribution in [1.82, 2.24) is 14.5 Å². The van der Waals surface area contributed by atoms with Gasteiger partial charge in [0, 0.05) is 26.7 Å². The van der Waals surface area contributed by atoms with Gasteiger partial charge in [-0.15, -0.1) is 0 Å². The molecule has 0 atom stereocenters. The number of ether oxygens (including phenoxy) is 1. The van der Waals surface area contributed by atoms with Gasteiger partial charge in [-0.05, 0) is 39.9 Å². The lowest BCUT2D eigenvalue weighted by Gasteiger charge is -2.27. The van der Waals surface area contributed by atoms with Crippen LogP contribution in [0.2, 0.25) is 0 Å². The number of fused-ring (bicyclic) bond motifs is 1. The van der Waals surface area contributed by atoms with E-state index in [0.29, 0.717) is 11.0 Å². The average molecular weight is 428 g/mol. The number of carboxylic acid groups (broad SMARTS) is 1. The fourth-order valence-electron chi connectivity index (χ4n) is 4.41. The van der Waals surface area contributed by atoms with E-state index in [4.69, 9.17) is 4.74 Å². The zero-order valence-corrected chi connectivity index (χ0v) is 18.0. The van der Waals surface area contributed by atoms with E-state index in [0.717, 1.165) is 49.5 Å². The van der Waals surface area contributed by atoms with Crippen molar-refractivity contribution >= 4 is 17.0 Å². The standard InChI is InChI=1S/C26H25N3O3/c1-28-17-27-24-15-21(14-23(25(24)28)26(30)31)18-6-8-19(9-7-18)22-5-3-2-4-20(22)16-29-10-12-32-13-11-29/h2-9,14-15,17H,10-13,16H2,1H3,(H,30,31). The number of aromatic nitrogens is 2. The minimum Gasteiger partial charge on any atom is -0.478 e. The summed E-state index contributed by atoms with van der Waals surface area (Å²) in [6.45, 7) is 4.38. The fraction of sp³-hybridized carbons (Fsp3) is 0.231. The molecule has 0 bridgehead atoms. The molecule has 0 unspecified atom stereocenters.